The second-order valence-corrected chi connectivity index (χ2v) is 6.10. The van der Waals surface area contributed by atoms with Crippen LogP contribution in [0.15, 0.2) is 30.6 Å². The lowest BCUT2D eigenvalue weighted by Crippen LogP contribution is -2.11. The molecule has 1 aromatic heterocycles. The Morgan fingerprint density at radius 2 is 1.90 bits per heavy atom. The molecule has 110 valence electrons. The van der Waals surface area contributed by atoms with E-state index in [9.17, 15) is 0 Å². The van der Waals surface area contributed by atoms with E-state index < -0.39 is 0 Å². The highest BCUT2D eigenvalue weighted by atomic mass is 15.0. The summed E-state index contributed by atoms with van der Waals surface area (Å²) in [5.74, 6) is 2.03. The molecule has 0 aliphatic heterocycles. The van der Waals surface area contributed by atoms with Gasteiger partial charge in [0.05, 0.1) is 5.69 Å². The van der Waals surface area contributed by atoms with Crippen molar-refractivity contribution in [3.05, 3.63) is 41.7 Å². The number of aromatic nitrogens is 2. The van der Waals surface area contributed by atoms with E-state index in [0.29, 0.717) is 11.8 Å². The Hall–Kier alpha value is -1.90. The van der Waals surface area contributed by atoms with Crippen LogP contribution in [0.1, 0.15) is 56.1 Å². The molecule has 0 bridgehead atoms. The van der Waals surface area contributed by atoms with E-state index in [1.54, 1.807) is 6.33 Å². The third kappa shape index (κ3) is 2.53. The molecule has 1 heterocycles. The lowest BCUT2D eigenvalue weighted by Gasteiger charge is -2.28. The van der Waals surface area contributed by atoms with Crippen molar-refractivity contribution in [1.29, 1.82) is 0 Å². The summed E-state index contributed by atoms with van der Waals surface area (Å²) in [5.41, 5.74) is 5.04. The first-order chi connectivity index (χ1) is 10.2. The van der Waals surface area contributed by atoms with Crippen LogP contribution < -0.4 is 5.32 Å². The first-order valence-electron chi connectivity index (χ1n) is 7.84. The number of nitrogens with one attached hydrogen (secondary N) is 1. The standard InChI is InChI=1S/C18H23N3/c1-12(2)16-17(20-11-21-18(16)19-3)15-10-5-4-9-14(15)13-7-6-8-13/h4-5,9-13H,6-8H2,1-3H3,(H,19,20,21). The van der Waals surface area contributed by atoms with Gasteiger partial charge in [-0.3, -0.25) is 0 Å². The number of nitrogens with zero attached hydrogens (tertiary/aromatic N) is 2. The molecule has 1 aliphatic carbocycles. The Kier molecular flexibility index (Phi) is 3.91. The lowest BCUT2D eigenvalue weighted by molar-refractivity contribution is 0.420. The van der Waals surface area contributed by atoms with Crippen molar-refractivity contribution in [3.63, 3.8) is 0 Å². The van der Waals surface area contributed by atoms with Gasteiger partial charge in [-0.25, -0.2) is 9.97 Å². The molecule has 3 nitrogen and oxygen atoms in total. The molecular weight excluding hydrogens is 258 g/mol. The van der Waals surface area contributed by atoms with Gasteiger partial charge >= 0.3 is 0 Å². The normalized spacial score (nSPS) is 15.0. The highest BCUT2D eigenvalue weighted by Crippen LogP contribution is 2.42. The Labute approximate surface area is 126 Å². The minimum absolute atomic E-state index is 0.387. The lowest BCUT2D eigenvalue weighted by atomic mass is 9.77. The third-order valence-electron chi connectivity index (χ3n) is 4.46. The largest absolute Gasteiger partial charge is 0.373 e. The van der Waals surface area contributed by atoms with Gasteiger partial charge in [-0.2, -0.15) is 0 Å². The predicted molar refractivity (Wildman–Crippen MR) is 87.7 cm³/mol. The van der Waals surface area contributed by atoms with Gasteiger partial charge in [0, 0.05) is 18.2 Å². The van der Waals surface area contributed by atoms with Crippen molar-refractivity contribution in [3.8, 4) is 11.3 Å². The monoisotopic (exact) mass is 281 g/mol. The molecule has 3 heteroatoms. The number of benzene rings is 1. The van der Waals surface area contributed by atoms with Crippen LogP contribution in [0.25, 0.3) is 11.3 Å². The molecule has 1 aliphatic rings. The number of anilines is 1. The molecular formula is C18H23N3. The smallest absolute Gasteiger partial charge is 0.133 e. The molecule has 1 saturated carbocycles. The van der Waals surface area contributed by atoms with Crippen molar-refractivity contribution in [2.75, 3.05) is 12.4 Å². The Morgan fingerprint density at radius 3 is 2.52 bits per heavy atom. The van der Waals surface area contributed by atoms with Crippen LogP contribution in [-0.4, -0.2) is 17.0 Å². The van der Waals surface area contributed by atoms with E-state index in [1.165, 1.54) is 36.0 Å². The quantitative estimate of drug-likeness (QED) is 0.891. The topological polar surface area (TPSA) is 37.8 Å². The third-order valence-corrected chi connectivity index (χ3v) is 4.46. The fourth-order valence-corrected chi connectivity index (χ4v) is 3.14. The molecule has 1 aromatic carbocycles. The predicted octanol–water partition coefficient (Wildman–Crippen LogP) is 4.58. The maximum atomic E-state index is 4.63. The number of hydrogen-bond donors (Lipinski definition) is 1. The number of hydrogen-bond acceptors (Lipinski definition) is 3. The molecule has 21 heavy (non-hydrogen) atoms. The van der Waals surface area contributed by atoms with Crippen molar-refractivity contribution in [2.45, 2.75) is 44.9 Å². The van der Waals surface area contributed by atoms with E-state index >= 15 is 0 Å². The fourth-order valence-electron chi connectivity index (χ4n) is 3.14. The van der Waals surface area contributed by atoms with Crippen molar-refractivity contribution in [2.24, 2.45) is 0 Å². The van der Waals surface area contributed by atoms with Crippen molar-refractivity contribution >= 4 is 5.82 Å². The van der Waals surface area contributed by atoms with E-state index in [1.807, 2.05) is 7.05 Å². The zero-order chi connectivity index (χ0) is 14.8. The maximum Gasteiger partial charge on any atom is 0.133 e. The number of rotatable bonds is 4. The summed E-state index contributed by atoms with van der Waals surface area (Å²) in [5, 5.41) is 3.21. The average molecular weight is 281 g/mol. The first-order valence-corrected chi connectivity index (χ1v) is 7.84. The maximum absolute atomic E-state index is 4.63. The van der Waals surface area contributed by atoms with Crippen LogP contribution in [0.3, 0.4) is 0 Å². The first kappa shape index (κ1) is 14.1. The van der Waals surface area contributed by atoms with Crippen LogP contribution >= 0.6 is 0 Å². The van der Waals surface area contributed by atoms with Gasteiger partial charge in [-0.1, -0.05) is 44.5 Å². The summed E-state index contributed by atoms with van der Waals surface area (Å²) in [6.45, 7) is 4.41. The SMILES string of the molecule is CNc1ncnc(-c2ccccc2C2CCC2)c1C(C)C. The summed E-state index contributed by atoms with van der Waals surface area (Å²) in [6.07, 6.45) is 5.63. The summed E-state index contributed by atoms with van der Waals surface area (Å²) in [6, 6.07) is 8.74. The summed E-state index contributed by atoms with van der Waals surface area (Å²) >= 11 is 0. The van der Waals surface area contributed by atoms with Crippen LogP contribution in [0.4, 0.5) is 5.82 Å². The van der Waals surface area contributed by atoms with Gasteiger partial charge in [0.1, 0.15) is 12.1 Å². The van der Waals surface area contributed by atoms with Gasteiger partial charge in [0.15, 0.2) is 0 Å². The Morgan fingerprint density at radius 1 is 1.14 bits per heavy atom. The molecule has 0 spiro atoms. The minimum Gasteiger partial charge on any atom is -0.373 e. The Balaban J connectivity index is 2.16. The van der Waals surface area contributed by atoms with Crippen LogP contribution in [0, 0.1) is 0 Å². The molecule has 0 amide bonds. The Bertz CT molecular complexity index is 630. The van der Waals surface area contributed by atoms with Gasteiger partial charge in [-0.15, -0.1) is 0 Å². The van der Waals surface area contributed by atoms with E-state index in [4.69, 9.17) is 0 Å². The van der Waals surface area contributed by atoms with E-state index in [-0.39, 0.29) is 0 Å². The highest BCUT2D eigenvalue weighted by Gasteiger charge is 2.25. The molecule has 0 unspecified atom stereocenters. The summed E-state index contributed by atoms with van der Waals surface area (Å²) in [7, 11) is 1.93. The molecule has 0 radical (unpaired) electrons. The minimum atomic E-state index is 0.387. The highest BCUT2D eigenvalue weighted by molar-refractivity contribution is 5.72. The molecule has 0 atom stereocenters. The zero-order valence-electron chi connectivity index (χ0n) is 13.1. The molecule has 1 N–H and O–H groups in total. The molecule has 1 fully saturated rings. The van der Waals surface area contributed by atoms with E-state index in [0.717, 1.165) is 11.5 Å². The van der Waals surface area contributed by atoms with Crippen LogP contribution in [0.2, 0.25) is 0 Å². The molecule has 3 rings (SSSR count). The second-order valence-electron chi connectivity index (χ2n) is 6.10. The van der Waals surface area contributed by atoms with Gasteiger partial charge in [0.25, 0.3) is 0 Å². The van der Waals surface area contributed by atoms with Crippen molar-refractivity contribution in [1.82, 2.24) is 9.97 Å². The molecule has 2 aromatic rings. The van der Waals surface area contributed by atoms with Crippen molar-refractivity contribution < 1.29 is 0 Å². The summed E-state index contributed by atoms with van der Waals surface area (Å²) < 4.78 is 0. The van der Waals surface area contributed by atoms with Crippen LogP contribution in [-0.2, 0) is 0 Å². The fraction of sp³-hybridized carbons (Fsp3) is 0.444. The van der Waals surface area contributed by atoms with E-state index in [2.05, 4.69) is 53.4 Å². The zero-order valence-corrected chi connectivity index (χ0v) is 13.1. The van der Waals surface area contributed by atoms with Crippen LogP contribution in [0.5, 0.6) is 0 Å². The second kappa shape index (κ2) is 5.84. The molecule has 0 saturated heterocycles. The summed E-state index contributed by atoms with van der Waals surface area (Å²) in [4.78, 5) is 9.02. The van der Waals surface area contributed by atoms with Gasteiger partial charge < -0.3 is 5.32 Å². The van der Waals surface area contributed by atoms with Gasteiger partial charge in [0.2, 0.25) is 0 Å². The average Bonchev–Trinajstić information content (AvgIpc) is 2.45. The van der Waals surface area contributed by atoms with Gasteiger partial charge in [-0.05, 0) is 30.2 Å².